The summed E-state index contributed by atoms with van der Waals surface area (Å²) in [4.78, 5) is 0. The predicted octanol–water partition coefficient (Wildman–Crippen LogP) is -2.13. The van der Waals surface area contributed by atoms with Crippen LogP contribution in [-0.2, 0) is 10.1 Å². The molecule has 0 aromatic heterocycles. The van der Waals surface area contributed by atoms with Crippen LogP contribution >= 0.6 is 0 Å². The summed E-state index contributed by atoms with van der Waals surface area (Å²) in [6, 6.07) is 0. The van der Waals surface area contributed by atoms with Crippen molar-refractivity contribution in [3.8, 4) is 0 Å². The predicted molar refractivity (Wildman–Crippen MR) is 49.3 cm³/mol. The molecule has 0 aliphatic rings. The van der Waals surface area contributed by atoms with Crippen molar-refractivity contribution in [2.75, 3.05) is 5.75 Å². The van der Waals surface area contributed by atoms with Crippen LogP contribution in [-0.4, -0.2) is 29.9 Å². The first-order chi connectivity index (χ1) is 5.95. The first-order valence-corrected chi connectivity index (χ1v) is 6.15. The Morgan fingerprint density at radius 2 is 1.79 bits per heavy atom. The molecule has 6 heteroatoms. The van der Waals surface area contributed by atoms with Gasteiger partial charge in [-0.25, -0.2) is 8.42 Å². The Bertz CT molecular complexity index is 215. The molecule has 0 saturated carbocycles. The summed E-state index contributed by atoms with van der Waals surface area (Å²) >= 11 is 0. The number of rotatable bonds is 7. The minimum absolute atomic E-state index is 0. The summed E-state index contributed by atoms with van der Waals surface area (Å²) in [6.07, 6.45) is 2.84. The molecular formula is C8H17NaO4S. The molecule has 0 aliphatic carbocycles. The number of aliphatic hydroxyl groups is 1. The molecule has 0 spiro atoms. The van der Waals surface area contributed by atoms with Crippen molar-refractivity contribution in [3.05, 3.63) is 0 Å². The second kappa shape index (κ2) is 9.12. The van der Waals surface area contributed by atoms with Gasteiger partial charge in [0.05, 0.1) is 16.2 Å². The van der Waals surface area contributed by atoms with Gasteiger partial charge in [0.2, 0.25) is 0 Å². The van der Waals surface area contributed by atoms with Crippen molar-refractivity contribution < 1.29 is 47.6 Å². The van der Waals surface area contributed by atoms with E-state index in [1.54, 1.807) is 0 Å². The fourth-order valence-electron chi connectivity index (χ4n) is 1.08. The van der Waals surface area contributed by atoms with Gasteiger partial charge in [-0.05, 0) is 19.3 Å². The van der Waals surface area contributed by atoms with E-state index in [1.165, 1.54) is 0 Å². The quantitative estimate of drug-likeness (QED) is 0.402. The van der Waals surface area contributed by atoms with E-state index >= 15 is 0 Å². The van der Waals surface area contributed by atoms with E-state index in [9.17, 15) is 18.1 Å². The Hall–Kier alpha value is 0.870. The van der Waals surface area contributed by atoms with Gasteiger partial charge in [-0.2, -0.15) is 0 Å². The smallest absolute Gasteiger partial charge is 0.748 e. The summed E-state index contributed by atoms with van der Waals surface area (Å²) in [5.74, 6) is -0.365. The maximum Gasteiger partial charge on any atom is 1.00 e. The van der Waals surface area contributed by atoms with Crippen molar-refractivity contribution in [2.24, 2.45) is 0 Å². The van der Waals surface area contributed by atoms with Crippen LogP contribution in [0.2, 0.25) is 0 Å². The first-order valence-electron chi connectivity index (χ1n) is 4.57. The SMILES string of the molecule is CCCCC(O)CCCS(=O)(=O)[O-].[Na+]. The van der Waals surface area contributed by atoms with Gasteiger partial charge in [0.1, 0.15) is 0 Å². The molecule has 4 nitrogen and oxygen atoms in total. The second-order valence-electron chi connectivity index (χ2n) is 3.20. The molecule has 1 atom stereocenters. The van der Waals surface area contributed by atoms with Crippen LogP contribution in [0, 0.1) is 0 Å². The molecule has 0 aromatic rings. The van der Waals surface area contributed by atoms with Gasteiger partial charge in [0, 0.05) is 5.75 Å². The van der Waals surface area contributed by atoms with Gasteiger partial charge in [-0.3, -0.25) is 0 Å². The molecule has 1 N–H and O–H groups in total. The molecule has 1 unspecified atom stereocenters. The minimum atomic E-state index is -4.10. The molecular weight excluding hydrogens is 215 g/mol. The third kappa shape index (κ3) is 12.9. The van der Waals surface area contributed by atoms with E-state index in [-0.39, 0.29) is 41.7 Å². The van der Waals surface area contributed by atoms with Crippen molar-refractivity contribution in [1.29, 1.82) is 0 Å². The fourth-order valence-corrected chi connectivity index (χ4v) is 1.60. The van der Waals surface area contributed by atoms with Crippen molar-refractivity contribution in [3.63, 3.8) is 0 Å². The van der Waals surface area contributed by atoms with Crippen LogP contribution in [0.5, 0.6) is 0 Å². The van der Waals surface area contributed by atoms with E-state index in [1.807, 2.05) is 6.92 Å². The largest absolute Gasteiger partial charge is 1.00 e. The Labute approximate surface area is 108 Å². The molecule has 0 rings (SSSR count). The number of hydrogen-bond acceptors (Lipinski definition) is 4. The van der Waals surface area contributed by atoms with Crippen molar-refractivity contribution in [1.82, 2.24) is 0 Å². The van der Waals surface area contributed by atoms with Crippen LogP contribution < -0.4 is 29.6 Å². The van der Waals surface area contributed by atoms with Gasteiger partial charge in [0.25, 0.3) is 0 Å². The standard InChI is InChI=1S/C8H18O4S.Na/c1-2-3-5-8(9)6-4-7-13(10,11)12;/h8-9H,2-7H2,1H3,(H,10,11,12);/q;+1/p-1. The molecule has 80 valence electrons. The average Bonchev–Trinajstić information content (AvgIpc) is 1.98. The normalized spacial score (nSPS) is 13.4. The number of hydrogen-bond donors (Lipinski definition) is 1. The molecule has 0 saturated heterocycles. The maximum atomic E-state index is 10.2. The van der Waals surface area contributed by atoms with Gasteiger partial charge < -0.3 is 9.66 Å². The average molecular weight is 232 g/mol. The fraction of sp³-hybridized carbons (Fsp3) is 1.00. The van der Waals surface area contributed by atoms with Crippen molar-refractivity contribution >= 4 is 10.1 Å². The molecule has 0 aliphatic heterocycles. The second-order valence-corrected chi connectivity index (χ2v) is 4.72. The molecule has 0 bridgehead atoms. The molecule has 0 radical (unpaired) electrons. The minimum Gasteiger partial charge on any atom is -0.748 e. The zero-order chi connectivity index (χ0) is 10.3. The zero-order valence-corrected chi connectivity index (χ0v) is 11.7. The summed E-state index contributed by atoms with van der Waals surface area (Å²) in [6.45, 7) is 2.02. The van der Waals surface area contributed by atoms with E-state index in [2.05, 4.69) is 0 Å². The molecule has 0 fully saturated rings. The van der Waals surface area contributed by atoms with Crippen molar-refractivity contribution in [2.45, 2.75) is 45.1 Å². The summed E-state index contributed by atoms with van der Waals surface area (Å²) in [5, 5.41) is 9.28. The molecule has 0 amide bonds. The van der Waals surface area contributed by atoms with Crippen LogP contribution in [0.4, 0.5) is 0 Å². The number of unbranched alkanes of at least 4 members (excludes halogenated alkanes) is 1. The topological polar surface area (TPSA) is 77.4 Å². The van der Waals surface area contributed by atoms with Gasteiger partial charge in [-0.15, -0.1) is 0 Å². The molecule has 0 heterocycles. The van der Waals surface area contributed by atoms with Gasteiger partial charge >= 0.3 is 29.6 Å². The Morgan fingerprint density at radius 3 is 2.21 bits per heavy atom. The zero-order valence-electron chi connectivity index (χ0n) is 8.90. The van der Waals surface area contributed by atoms with E-state index < -0.39 is 16.2 Å². The first kappa shape index (κ1) is 17.3. The van der Waals surface area contributed by atoms with Gasteiger partial charge in [-0.1, -0.05) is 19.8 Å². The molecule has 0 aromatic carbocycles. The Kier molecular flexibility index (Phi) is 11.3. The van der Waals surface area contributed by atoms with Crippen LogP contribution in [0.25, 0.3) is 0 Å². The van der Waals surface area contributed by atoms with E-state index in [4.69, 9.17) is 0 Å². The molecule has 14 heavy (non-hydrogen) atoms. The monoisotopic (exact) mass is 232 g/mol. The summed E-state index contributed by atoms with van der Waals surface area (Å²) in [5.41, 5.74) is 0. The third-order valence-corrected chi connectivity index (χ3v) is 2.61. The summed E-state index contributed by atoms with van der Waals surface area (Å²) in [7, 11) is -4.10. The maximum absolute atomic E-state index is 10.2. The van der Waals surface area contributed by atoms with E-state index in [0.717, 1.165) is 12.8 Å². The van der Waals surface area contributed by atoms with Crippen LogP contribution in [0.1, 0.15) is 39.0 Å². The Morgan fingerprint density at radius 1 is 1.29 bits per heavy atom. The van der Waals surface area contributed by atoms with Crippen LogP contribution in [0.15, 0.2) is 0 Å². The Balaban J connectivity index is 0. The van der Waals surface area contributed by atoms with Crippen LogP contribution in [0.3, 0.4) is 0 Å². The number of aliphatic hydroxyl groups excluding tert-OH is 1. The van der Waals surface area contributed by atoms with E-state index in [0.29, 0.717) is 12.8 Å². The summed E-state index contributed by atoms with van der Waals surface area (Å²) < 4.78 is 30.6. The third-order valence-electron chi connectivity index (χ3n) is 1.82. The van der Waals surface area contributed by atoms with Gasteiger partial charge in [0.15, 0.2) is 0 Å².